The van der Waals surface area contributed by atoms with E-state index in [1.54, 1.807) is 18.2 Å². The van der Waals surface area contributed by atoms with E-state index in [4.69, 9.17) is 4.74 Å². The SMILES string of the molecule is CC(C)CC(C)Oc1cc(C(=O)O)c2ccccc2n1. The van der Waals surface area contributed by atoms with E-state index < -0.39 is 5.97 Å². The van der Waals surface area contributed by atoms with Crippen LogP contribution >= 0.6 is 0 Å². The van der Waals surface area contributed by atoms with Crippen LogP contribution in [0.5, 0.6) is 5.88 Å². The Labute approximate surface area is 118 Å². The van der Waals surface area contributed by atoms with E-state index in [-0.39, 0.29) is 11.7 Å². The molecule has 0 aliphatic rings. The molecule has 20 heavy (non-hydrogen) atoms. The lowest BCUT2D eigenvalue weighted by molar-refractivity contribution is 0.0698. The van der Waals surface area contributed by atoms with E-state index in [0.29, 0.717) is 22.7 Å². The maximum absolute atomic E-state index is 11.3. The Bertz CT molecular complexity index is 622. The summed E-state index contributed by atoms with van der Waals surface area (Å²) in [5.74, 6) is -0.0800. The molecule has 0 saturated heterocycles. The van der Waals surface area contributed by atoms with E-state index in [9.17, 15) is 9.90 Å². The van der Waals surface area contributed by atoms with Gasteiger partial charge in [0, 0.05) is 11.5 Å². The molecule has 0 amide bonds. The average molecular weight is 273 g/mol. The highest BCUT2D eigenvalue weighted by atomic mass is 16.5. The molecular formula is C16H19NO3. The molecule has 1 atom stereocenters. The van der Waals surface area contributed by atoms with Crippen LogP contribution in [0.1, 0.15) is 37.6 Å². The molecular weight excluding hydrogens is 254 g/mol. The van der Waals surface area contributed by atoms with Gasteiger partial charge in [0.1, 0.15) is 0 Å². The number of carbonyl (C=O) groups is 1. The van der Waals surface area contributed by atoms with Crippen LogP contribution in [0.2, 0.25) is 0 Å². The van der Waals surface area contributed by atoms with Crippen LogP contribution in [0.25, 0.3) is 10.9 Å². The van der Waals surface area contributed by atoms with Crippen molar-refractivity contribution >= 4 is 16.9 Å². The molecule has 106 valence electrons. The third kappa shape index (κ3) is 3.26. The normalized spacial score (nSPS) is 12.6. The Morgan fingerprint density at radius 2 is 2.00 bits per heavy atom. The van der Waals surface area contributed by atoms with Gasteiger partial charge in [-0.15, -0.1) is 0 Å². The molecule has 1 aromatic carbocycles. The van der Waals surface area contributed by atoms with E-state index in [0.717, 1.165) is 6.42 Å². The number of benzene rings is 1. The molecule has 0 bridgehead atoms. The maximum Gasteiger partial charge on any atom is 0.336 e. The zero-order chi connectivity index (χ0) is 14.7. The van der Waals surface area contributed by atoms with Crippen molar-refractivity contribution in [1.29, 1.82) is 0 Å². The maximum atomic E-state index is 11.3. The molecule has 1 N–H and O–H groups in total. The molecule has 1 heterocycles. The highest BCUT2D eigenvalue weighted by molar-refractivity contribution is 6.02. The number of hydrogen-bond acceptors (Lipinski definition) is 3. The first-order valence-electron chi connectivity index (χ1n) is 6.77. The lowest BCUT2D eigenvalue weighted by Gasteiger charge is -2.16. The van der Waals surface area contributed by atoms with Crippen LogP contribution < -0.4 is 4.74 Å². The van der Waals surface area contributed by atoms with Crippen LogP contribution in [0.3, 0.4) is 0 Å². The van der Waals surface area contributed by atoms with Crippen molar-refractivity contribution in [2.24, 2.45) is 5.92 Å². The summed E-state index contributed by atoms with van der Waals surface area (Å²) >= 11 is 0. The van der Waals surface area contributed by atoms with Crippen LogP contribution in [0.4, 0.5) is 0 Å². The summed E-state index contributed by atoms with van der Waals surface area (Å²) in [6.07, 6.45) is 0.905. The van der Waals surface area contributed by atoms with Gasteiger partial charge in [0.25, 0.3) is 0 Å². The second-order valence-electron chi connectivity index (χ2n) is 5.39. The molecule has 0 saturated carbocycles. The van der Waals surface area contributed by atoms with Gasteiger partial charge in [-0.3, -0.25) is 0 Å². The lowest BCUT2D eigenvalue weighted by atomic mass is 10.1. The van der Waals surface area contributed by atoms with Gasteiger partial charge in [0.15, 0.2) is 0 Å². The zero-order valence-corrected chi connectivity index (χ0v) is 12.0. The van der Waals surface area contributed by atoms with Gasteiger partial charge in [-0.1, -0.05) is 32.0 Å². The average Bonchev–Trinajstić information content (AvgIpc) is 2.36. The number of para-hydroxylation sites is 1. The van der Waals surface area contributed by atoms with Crippen molar-refractivity contribution in [2.75, 3.05) is 0 Å². The highest BCUT2D eigenvalue weighted by Crippen LogP contribution is 2.23. The number of nitrogens with zero attached hydrogens (tertiary/aromatic N) is 1. The minimum absolute atomic E-state index is 0.00491. The molecule has 0 fully saturated rings. The van der Waals surface area contributed by atoms with E-state index >= 15 is 0 Å². The Balaban J connectivity index is 2.37. The first kappa shape index (κ1) is 14.3. The lowest BCUT2D eigenvalue weighted by Crippen LogP contribution is -2.15. The largest absolute Gasteiger partial charge is 0.478 e. The number of aromatic nitrogens is 1. The second-order valence-corrected chi connectivity index (χ2v) is 5.39. The van der Waals surface area contributed by atoms with E-state index in [1.807, 2.05) is 13.0 Å². The third-order valence-electron chi connectivity index (χ3n) is 3.05. The van der Waals surface area contributed by atoms with Gasteiger partial charge < -0.3 is 9.84 Å². The van der Waals surface area contributed by atoms with Gasteiger partial charge in [0.05, 0.1) is 17.2 Å². The van der Waals surface area contributed by atoms with Crippen molar-refractivity contribution in [3.63, 3.8) is 0 Å². The summed E-state index contributed by atoms with van der Waals surface area (Å²) in [6.45, 7) is 6.21. The smallest absolute Gasteiger partial charge is 0.336 e. The standard InChI is InChI=1S/C16H19NO3/c1-10(2)8-11(3)20-15-9-13(16(18)19)12-6-4-5-7-14(12)17-15/h4-7,9-11H,8H2,1-3H3,(H,18,19). The summed E-state index contributed by atoms with van der Waals surface area (Å²) in [7, 11) is 0. The number of carboxylic acid groups (broad SMARTS) is 1. The molecule has 2 rings (SSSR count). The third-order valence-corrected chi connectivity index (χ3v) is 3.05. The number of ether oxygens (including phenoxy) is 1. The van der Waals surface area contributed by atoms with Crippen molar-refractivity contribution in [2.45, 2.75) is 33.3 Å². The Morgan fingerprint density at radius 1 is 1.30 bits per heavy atom. The number of aromatic carboxylic acids is 1. The number of carboxylic acids is 1. The Hall–Kier alpha value is -2.10. The van der Waals surface area contributed by atoms with Crippen molar-refractivity contribution in [3.05, 3.63) is 35.9 Å². The summed E-state index contributed by atoms with van der Waals surface area (Å²) in [6, 6.07) is 8.69. The summed E-state index contributed by atoms with van der Waals surface area (Å²) < 4.78 is 5.75. The fraction of sp³-hybridized carbons (Fsp3) is 0.375. The van der Waals surface area contributed by atoms with Crippen LogP contribution in [0, 0.1) is 5.92 Å². The Morgan fingerprint density at radius 3 is 2.65 bits per heavy atom. The fourth-order valence-corrected chi connectivity index (χ4v) is 2.31. The van der Waals surface area contributed by atoms with Gasteiger partial charge in [-0.05, 0) is 25.3 Å². The predicted octanol–water partition coefficient (Wildman–Crippen LogP) is 3.75. The number of rotatable bonds is 5. The highest BCUT2D eigenvalue weighted by Gasteiger charge is 2.14. The number of pyridine rings is 1. The van der Waals surface area contributed by atoms with Gasteiger partial charge in [-0.25, -0.2) is 9.78 Å². The quantitative estimate of drug-likeness (QED) is 0.901. The van der Waals surface area contributed by atoms with Crippen molar-refractivity contribution in [3.8, 4) is 5.88 Å². The van der Waals surface area contributed by atoms with Gasteiger partial charge in [0.2, 0.25) is 5.88 Å². The summed E-state index contributed by atoms with van der Waals surface area (Å²) in [5.41, 5.74) is 0.862. The molecule has 4 heteroatoms. The molecule has 1 unspecified atom stereocenters. The zero-order valence-electron chi connectivity index (χ0n) is 12.0. The van der Waals surface area contributed by atoms with E-state index in [1.165, 1.54) is 6.07 Å². The van der Waals surface area contributed by atoms with Crippen LogP contribution in [-0.2, 0) is 0 Å². The molecule has 0 radical (unpaired) electrons. The number of hydrogen-bond donors (Lipinski definition) is 1. The number of fused-ring (bicyclic) bond motifs is 1. The minimum atomic E-state index is -0.968. The predicted molar refractivity (Wildman–Crippen MR) is 78.2 cm³/mol. The topological polar surface area (TPSA) is 59.4 Å². The molecule has 2 aromatic rings. The molecule has 4 nitrogen and oxygen atoms in total. The summed E-state index contributed by atoms with van der Waals surface area (Å²) in [5, 5.41) is 9.93. The van der Waals surface area contributed by atoms with Crippen molar-refractivity contribution in [1.82, 2.24) is 4.98 Å². The first-order chi connectivity index (χ1) is 9.47. The minimum Gasteiger partial charge on any atom is -0.478 e. The summed E-state index contributed by atoms with van der Waals surface area (Å²) in [4.78, 5) is 15.7. The van der Waals surface area contributed by atoms with Crippen molar-refractivity contribution < 1.29 is 14.6 Å². The monoisotopic (exact) mass is 273 g/mol. The molecule has 0 aliphatic heterocycles. The first-order valence-corrected chi connectivity index (χ1v) is 6.77. The molecule has 1 aromatic heterocycles. The molecule has 0 aliphatic carbocycles. The van der Waals surface area contributed by atoms with Crippen LogP contribution in [0.15, 0.2) is 30.3 Å². The van der Waals surface area contributed by atoms with E-state index in [2.05, 4.69) is 18.8 Å². The van der Waals surface area contributed by atoms with Gasteiger partial charge in [-0.2, -0.15) is 0 Å². The Kier molecular flexibility index (Phi) is 4.23. The van der Waals surface area contributed by atoms with Gasteiger partial charge >= 0.3 is 5.97 Å². The second kappa shape index (κ2) is 5.90. The molecule has 0 spiro atoms. The van der Waals surface area contributed by atoms with Crippen LogP contribution in [-0.4, -0.2) is 22.2 Å². The fourth-order valence-electron chi connectivity index (χ4n) is 2.31.